The van der Waals surface area contributed by atoms with Gasteiger partial charge in [0, 0.05) is 12.1 Å². The van der Waals surface area contributed by atoms with Gasteiger partial charge in [0.15, 0.2) is 0 Å². The van der Waals surface area contributed by atoms with Crippen LogP contribution in [0.15, 0.2) is 18.2 Å². The predicted octanol–water partition coefficient (Wildman–Crippen LogP) is 2.55. The van der Waals surface area contributed by atoms with Gasteiger partial charge in [0.2, 0.25) is 0 Å². The maximum Gasteiger partial charge on any atom is 0.129 e. The Morgan fingerprint density at radius 3 is 2.56 bits per heavy atom. The fourth-order valence-electron chi connectivity index (χ4n) is 1.57. The Balaban J connectivity index is 2.75. The van der Waals surface area contributed by atoms with Gasteiger partial charge in [-0.1, -0.05) is 19.1 Å². The van der Waals surface area contributed by atoms with Crippen molar-refractivity contribution in [2.45, 2.75) is 39.3 Å². The number of benzene rings is 1. The van der Waals surface area contributed by atoms with Crippen molar-refractivity contribution in [1.82, 2.24) is 5.32 Å². The number of rotatable bonds is 5. The normalized spacial score (nSPS) is 11.8. The Morgan fingerprint density at radius 1 is 1.38 bits per heavy atom. The van der Waals surface area contributed by atoms with Crippen LogP contribution in [0.25, 0.3) is 0 Å². The molecule has 0 aliphatic carbocycles. The fourth-order valence-corrected chi connectivity index (χ4v) is 1.57. The number of aliphatic hydroxyl groups is 1. The summed E-state index contributed by atoms with van der Waals surface area (Å²) in [6.07, 6.45) is 1.06. The van der Waals surface area contributed by atoms with Crippen molar-refractivity contribution in [2.75, 3.05) is 6.54 Å². The first kappa shape index (κ1) is 13.1. The molecule has 1 aromatic carbocycles. The molecule has 0 aliphatic heterocycles. The zero-order valence-corrected chi connectivity index (χ0v) is 10.2. The van der Waals surface area contributed by atoms with Crippen molar-refractivity contribution >= 4 is 0 Å². The molecule has 2 nitrogen and oxygen atoms in total. The van der Waals surface area contributed by atoms with Crippen molar-refractivity contribution in [3.8, 4) is 0 Å². The average molecular weight is 225 g/mol. The number of nitrogens with one attached hydrogen (secondary N) is 1. The second kappa shape index (κ2) is 5.41. The number of hydrogen-bond donors (Lipinski definition) is 2. The van der Waals surface area contributed by atoms with Gasteiger partial charge in [-0.25, -0.2) is 4.39 Å². The lowest BCUT2D eigenvalue weighted by molar-refractivity contribution is 0.0745. The van der Waals surface area contributed by atoms with Gasteiger partial charge in [0.1, 0.15) is 5.82 Å². The highest BCUT2D eigenvalue weighted by molar-refractivity contribution is 5.28. The predicted molar refractivity (Wildman–Crippen MR) is 63.6 cm³/mol. The van der Waals surface area contributed by atoms with Crippen LogP contribution >= 0.6 is 0 Å². The largest absolute Gasteiger partial charge is 0.386 e. The molecule has 0 saturated heterocycles. The Labute approximate surface area is 96.5 Å². The molecule has 0 fully saturated rings. The number of hydrogen-bond acceptors (Lipinski definition) is 2. The minimum atomic E-state index is -1.13. The van der Waals surface area contributed by atoms with Crippen LogP contribution in [0.1, 0.15) is 38.3 Å². The molecule has 0 amide bonds. The third-order valence-corrected chi connectivity index (χ3v) is 2.45. The van der Waals surface area contributed by atoms with Gasteiger partial charge in [-0.3, -0.25) is 0 Å². The second-order valence-corrected chi connectivity index (χ2v) is 4.55. The summed E-state index contributed by atoms with van der Waals surface area (Å²) < 4.78 is 13.7. The summed E-state index contributed by atoms with van der Waals surface area (Å²) in [7, 11) is 0. The zero-order chi connectivity index (χ0) is 12.2. The van der Waals surface area contributed by atoms with E-state index in [0.717, 1.165) is 18.5 Å². The Kier molecular flexibility index (Phi) is 4.44. The molecule has 0 spiro atoms. The molecule has 1 rings (SSSR count). The molecule has 3 heteroatoms. The van der Waals surface area contributed by atoms with Crippen LogP contribution in [0.2, 0.25) is 0 Å². The van der Waals surface area contributed by atoms with Crippen LogP contribution in [0.4, 0.5) is 4.39 Å². The summed E-state index contributed by atoms with van der Waals surface area (Å²) in [6.45, 7) is 6.84. The van der Waals surface area contributed by atoms with Gasteiger partial charge >= 0.3 is 0 Å². The average Bonchev–Trinajstić information content (AvgIpc) is 2.16. The molecule has 0 aliphatic rings. The van der Waals surface area contributed by atoms with E-state index < -0.39 is 5.60 Å². The highest BCUT2D eigenvalue weighted by atomic mass is 19.1. The smallest absolute Gasteiger partial charge is 0.129 e. The molecule has 90 valence electrons. The lowest BCUT2D eigenvalue weighted by atomic mass is 9.96. The molecule has 2 N–H and O–H groups in total. The van der Waals surface area contributed by atoms with Crippen LogP contribution in [0, 0.1) is 5.82 Å². The first-order chi connectivity index (χ1) is 7.45. The van der Waals surface area contributed by atoms with Gasteiger partial charge < -0.3 is 10.4 Å². The molecule has 0 aromatic heterocycles. The monoisotopic (exact) mass is 225 g/mol. The molecular weight excluding hydrogens is 205 g/mol. The molecular formula is C13H20FNO. The minimum Gasteiger partial charge on any atom is -0.386 e. The summed E-state index contributed by atoms with van der Waals surface area (Å²) in [5, 5.41) is 12.9. The van der Waals surface area contributed by atoms with E-state index >= 15 is 0 Å². The summed E-state index contributed by atoms with van der Waals surface area (Å²) in [5.41, 5.74) is 0.116. The lowest BCUT2D eigenvalue weighted by Gasteiger charge is -2.19. The fraction of sp³-hybridized carbons (Fsp3) is 0.538. The molecule has 0 unspecified atom stereocenters. The van der Waals surface area contributed by atoms with Gasteiger partial charge in [0.25, 0.3) is 0 Å². The third-order valence-electron chi connectivity index (χ3n) is 2.45. The molecule has 0 saturated carbocycles. The topological polar surface area (TPSA) is 32.3 Å². The first-order valence-electron chi connectivity index (χ1n) is 5.67. The van der Waals surface area contributed by atoms with Crippen LogP contribution in [-0.2, 0) is 12.1 Å². The Hall–Kier alpha value is -0.930. The third kappa shape index (κ3) is 3.58. The van der Waals surface area contributed by atoms with Crippen molar-refractivity contribution in [3.05, 3.63) is 35.1 Å². The molecule has 0 atom stereocenters. The maximum absolute atomic E-state index is 13.7. The van der Waals surface area contributed by atoms with Crippen LogP contribution in [0.5, 0.6) is 0 Å². The van der Waals surface area contributed by atoms with Gasteiger partial charge in [-0.2, -0.15) is 0 Å². The zero-order valence-electron chi connectivity index (χ0n) is 10.2. The van der Waals surface area contributed by atoms with E-state index in [4.69, 9.17) is 0 Å². The van der Waals surface area contributed by atoms with E-state index in [1.807, 2.05) is 6.07 Å². The van der Waals surface area contributed by atoms with E-state index in [1.54, 1.807) is 19.9 Å². The van der Waals surface area contributed by atoms with E-state index in [1.165, 1.54) is 6.07 Å². The highest BCUT2D eigenvalue weighted by Crippen LogP contribution is 2.23. The molecule has 16 heavy (non-hydrogen) atoms. The van der Waals surface area contributed by atoms with Crippen molar-refractivity contribution < 1.29 is 9.50 Å². The summed E-state index contributed by atoms with van der Waals surface area (Å²) >= 11 is 0. The Morgan fingerprint density at radius 2 is 2.06 bits per heavy atom. The summed E-state index contributed by atoms with van der Waals surface area (Å²) in [5.74, 6) is -0.344. The van der Waals surface area contributed by atoms with Crippen LogP contribution < -0.4 is 5.32 Å². The SMILES string of the molecule is CCCNCc1ccc(C(C)(C)O)c(F)c1. The summed E-state index contributed by atoms with van der Waals surface area (Å²) in [6, 6.07) is 4.98. The standard InChI is InChI=1S/C13H20FNO/c1-4-7-15-9-10-5-6-11(12(14)8-10)13(2,3)16/h5-6,8,15-16H,4,7,9H2,1-3H3. The second-order valence-electron chi connectivity index (χ2n) is 4.55. The van der Waals surface area contributed by atoms with E-state index in [2.05, 4.69) is 12.2 Å². The first-order valence-corrected chi connectivity index (χ1v) is 5.67. The maximum atomic E-state index is 13.7. The lowest BCUT2D eigenvalue weighted by Crippen LogP contribution is -2.18. The Bertz CT molecular complexity index is 344. The van der Waals surface area contributed by atoms with Gasteiger partial charge in [-0.05, 0) is 38.4 Å². The minimum absolute atomic E-state index is 0.340. The molecule has 0 bridgehead atoms. The van der Waals surface area contributed by atoms with Gasteiger partial charge in [-0.15, -0.1) is 0 Å². The highest BCUT2D eigenvalue weighted by Gasteiger charge is 2.20. The van der Waals surface area contributed by atoms with E-state index in [0.29, 0.717) is 12.1 Å². The molecule has 1 aromatic rings. The number of halogens is 1. The van der Waals surface area contributed by atoms with Crippen molar-refractivity contribution in [1.29, 1.82) is 0 Å². The van der Waals surface area contributed by atoms with Crippen LogP contribution in [-0.4, -0.2) is 11.7 Å². The quantitative estimate of drug-likeness (QED) is 0.755. The van der Waals surface area contributed by atoms with E-state index in [9.17, 15) is 9.50 Å². The van der Waals surface area contributed by atoms with Gasteiger partial charge in [0.05, 0.1) is 5.60 Å². The summed E-state index contributed by atoms with van der Waals surface area (Å²) in [4.78, 5) is 0. The van der Waals surface area contributed by atoms with Crippen molar-refractivity contribution in [2.24, 2.45) is 0 Å². The van der Waals surface area contributed by atoms with Crippen molar-refractivity contribution in [3.63, 3.8) is 0 Å². The molecule has 0 heterocycles. The van der Waals surface area contributed by atoms with Crippen LogP contribution in [0.3, 0.4) is 0 Å². The molecule has 0 radical (unpaired) electrons. The van der Waals surface area contributed by atoms with E-state index in [-0.39, 0.29) is 5.82 Å².